The Hall–Kier alpha value is 1.09. The summed E-state index contributed by atoms with van der Waals surface area (Å²) in [6.45, 7) is 1.16. The SMILES string of the molecule is Cc1ccc(S(=O)(=O)[N-]CC[O-])cc1.[Na+].[Na+]. The molecule has 7 heteroatoms. The van der Waals surface area contributed by atoms with Gasteiger partial charge in [0.1, 0.15) is 10.0 Å². The molecule has 0 fully saturated rings. The quantitative estimate of drug-likeness (QED) is 0.506. The summed E-state index contributed by atoms with van der Waals surface area (Å²) in [5.74, 6) is 0. The second-order valence-corrected chi connectivity index (χ2v) is 4.52. The topological polar surface area (TPSA) is 71.3 Å². The van der Waals surface area contributed by atoms with E-state index in [1.165, 1.54) is 12.1 Å². The van der Waals surface area contributed by atoms with Gasteiger partial charge in [-0.25, -0.2) is 8.42 Å². The summed E-state index contributed by atoms with van der Waals surface area (Å²) in [6, 6.07) is 6.36. The van der Waals surface area contributed by atoms with E-state index in [0.717, 1.165) is 5.56 Å². The van der Waals surface area contributed by atoms with Gasteiger partial charge in [-0.05, 0) is 19.1 Å². The molecule has 78 valence electrons. The summed E-state index contributed by atoms with van der Waals surface area (Å²) < 4.78 is 26.1. The fourth-order valence-electron chi connectivity index (χ4n) is 0.942. The summed E-state index contributed by atoms with van der Waals surface area (Å²) in [6.07, 6.45) is 0. The Balaban J connectivity index is 0. The van der Waals surface area contributed by atoms with E-state index in [4.69, 9.17) is 0 Å². The zero-order valence-corrected chi connectivity index (χ0v) is 14.6. The van der Waals surface area contributed by atoms with Gasteiger partial charge in [0.2, 0.25) is 0 Å². The van der Waals surface area contributed by atoms with Gasteiger partial charge in [0.25, 0.3) is 0 Å². The first-order valence-corrected chi connectivity index (χ1v) is 5.59. The molecule has 0 amide bonds. The maximum absolute atomic E-state index is 11.4. The van der Waals surface area contributed by atoms with Crippen molar-refractivity contribution in [3.8, 4) is 0 Å². The van der Waals surface area contributed by atoms with E-state index in [-0.39, 0.29) is 70.6 Å². The molecule has 1 aromatic carbocycles. The average molecular weight is 259 g/mol. The summed E-state index contributed by atoms with van der Waals surface area (Å²) in [7, 11) is -3.61. The van der Waals surface area contributed by atoms with E-state index in [0.29, 0.717) is 0 Å². The van der Waals surface area contributed by atoms with Crippen LogP contribution in [0.1, 0.15) is 5.56 Å². The van der Waals surface area contributed by atoms with Crippen molar-refractivity contribution in [2.45, 2.75) is 11.8 Å². The van der Waals surface area contributed by atoms with Crippen LogP contribution in [-0.4, -0.2) is 21.6 Å². The van der Waals surface area contributed by atoms with Crippen molar-refractivity contribution in [1.29, 1.82) is 0 Å². The Morgan fingerprint density at radius 1 is 1.19 bits per heavy atom. The van der Waals surface area contributed by atoms with Gasteiger partial charge >= 0.3 is 59.1 Å². The maximum Gasteiger partial charge on any atom is 1.00 e. The van der Waals surface area contributed by atoms with Gasteiger partial charge < -0.3 is 9.83 Å². The fourth-order valence-corrected chi connectivity index (χ4v) is 1.89. The van der Waals surface area contributed by atoms with Crippen LogP contribution in [0.3, 0.4) is 0 Å². The fraction of sp³-hybridized carbons (Fsp3) is 0.333. The van der Waals surface area contributed by atoms with Crippen molar-refractivity contribution < 1.29 is 72.6 Å². The molecule has 0 spiro atoms. The summed E-state index contributed by atoms with van der Waals surface area (Å²) in [5, 5.41) is 10.1. The molecule has 0 unspecified atom stereocenters. The van der Waals surface area contributed by atoms with Gasteiger partial charge in [0.15, 0.2) is 0 Å². The van der Waals surface area contributed by atoms with Crippen LogP contribution in [-0.2, 0) is 10.0 Å². The van der Waals surface area contributed by atoms with Crippen molar-refractivity contribution >= 4 is 10.0 Å². The standard InChI is InChI=1S/C9H11NO3S.2Na/c1-8-2-4-9(5-3-8)14(12,13)10-6-7-11;;/h2-5H,6-7H2,1H3;;/q-2;2*+1. The van der Waals surface area contributed by atoms with Crippen molar-refractivity contribution in [3.63, 3.8) is 0 Å². The smallest absolute Gasteiger partial charge is 0.856 e. The van der Waals surface area contributed by atoms with Gasteiger partial charge in [-0.15, -0.1) is 0 Å². The van der Waals surface area contributed by atoms with Crippen LogP contribution < -0.4 is 64.2 Å². The molecule has 0 aromatic heterocycles. The molecule has 0 saturated heterocycles. The largest absolute Gasteiger partial charge is 1.00 e. The van der Waals surface area contributed by atoms with Crippen molar-refractivity contribution in [2.24, 2.45) is 0 Å². The van der Waals surface area contributed by atoms with E-state index in [1.807, 2.05) is 6.92 Å². The number of rotatable bonds is 4. The van der Waals surface area contributed by atoms with Crippen LogP contribution in [0.4, 0.5) is 0 Å². The molecule has 0 bridgehead atoms. The predicted molar refractivity (Wildman–Crippen MR) is 51.5 cm³/mol. The maximum atomic E-state index is 11.4. The van der Waals surface area contributed by atoms with Crippen LogP contribution in [0, 0.1) is 6.92 Å². The molecule has 0 aliphatic heterocycles. The van der Waals surface area contributed by atoms with Gasteiger partial charge in [0, 0.05) is 4.90 Å². The monoisotopic (exact) mass is 259 g/mol. The molecule has 0 N–H and O–H groups in total. The third-order valence-electron chi connectivity index (χ3n) is 1.67. The van der Waals surface area contributed by atoms with Gasteiger partial charge in [-0.1, -0.05) is 17.7 Å². The average Bonchev–Trinajstić information content (AvgIpc) is 2.16. The van der Waals surface area contributed by atoms with E-state index in [1.54, 1.807) is 12.1 Å². The Morgan fingerprint density at radius 3 is 2.12 bits per heavy atom. The molecule has 1 aromatic rings. The molecule has 0 radical (unpaired) electrons. The Bertz CT molecular complexity index is 392. The van der Waals surface area contributed by atoms with E-state index in [2.05, 4.69) is 4.72 Å². The van der Waals surface area contributed by atoms with Crippen LogP contribution in [0.5, 0.6) is 0 Å². The first kappa shape index (κ1) is 19.4. The summed E-state index contributed by atoms with van der Waals surface area (Å²) >= 11 is 0. The molecule has 0 atom stereocenters. The minimum atomic E-state index is -3.61. The van der Waals surface area contributed by atoms with Crippen LogP contribution in [0.2, 0.25) is 0 Å². The van der Waals surface area contributed by atoms with Crippen molar-refractivity contribution in [1.82, 2.24) is 0 Å². The molecule has 16 heavy (non-hydrogen) atoms. The predicted octanol–water partition coefficient (Wildman–Crippen LogP) is -5.57. The summed E-state index contributed by atoms with van der Waals surface area (Å²) in [5.41, 5.74) is 0.979. The number of sulfonamides is 1. The van der Waals surface area contributed by atoms with Crippen LogP contribution >= 0.6 is 0 Å². The second-order valence-electron chi connectivity index (χ2n) is 2.84. The Kier molecular flexibility index (Phi) is 11.0. The molecule has 0 aliphatic carbocycles. The van der Waals surface area contributed by atoms with Crippen molar-refractivity contribution in [3.05, 3.63) is 34.6 Å². The van der Waals surface area contributed by atoms with Gasteiger partial charge in [-0.3, -0.25) is 0 Å². The van der Waals surface area contributed by atoms with E-state index in [9.17, 15) is 13.5 Å². The molecule has 0 aliphatic rings. The number of hydrogen-bond donors (Lipinski definition) is 0. The van der Waals surface area contributed by atoms with Crippen molar-refractivity contribution in [2.75, 3.05) is 13.2 Å². The number of aryl methyl sites for hydroxylation is 1. The molecule has 4 nitrogen and oxygen atoms in total. The number of benzene rings is 1. The molecular weight excluding hydrogens is 248 g/mol. The van der Waals surface area contributed by atoms with Crippen LogP contribution in [0.25, 0.3) is 4.72 Å². The van der Waals surface area contributed by atoms with E-state index < -0.39 is 16.6 Å². The number of nitrogens with zero attached hydrogens (tertiary/aromatic N) is 1. The van der Waals surface area contributed by atoms with E-state index >= 15 is 0 Å². The first-order chi connectivity index (χ1) is 6.56. The first-order valence-electron chi connectivity index (χ1n) is 4.15. The molecule has 0 saturated carbocycles. The van der Waals surface area contributed by atoms with Crippen LogP contribution in [0.15, 0.2) is 29.2 Å². The molecule has 1 rings (SSSR count). The Morgan fingerprint density at radius 2 is 1.69 bits per heavy atom. The van der Waals surface area contributed by atoms with Gasteiger partial charge in [-0.2, -0.15) is 13.2 Å². The van der Waals surface area contributed by atoms with Gasteiger partial charge in [0.05, 0.1) is 0 Å². The molecule has 0 heterocycles. The zero-order valence-electron chi connectivity index (χ0n) is 9.80. The molecular formula is C9H11NNa2O3S. The summed E-state index contributed by atoms with van der Waals surface area (Å²) in [4.78, 5) is 0.136. The third kappa shape index (κ3) is 6.14. The Labute approximate surface area is 140 Å². The third-order valence-corrected chi connectivity index (χ3v) is 3.06. The minimum Gasteiger partial charge on any atom is -0.856 e. The second kappa shape index (κ2) is 9.08. The normalized spacial score (nSPS) is 10.1. The number of hydrogen-bond acceptors (Lipinski definition) is 3. The zero-order chi connectivity index (χ0) is 10.6. The minimum absolute atomic E-state index is 0.